The number of sulfone groups is 1. The van der Waals surface area contributed by atoms with Gasteiger partial charge in [0.15, 0.2) is 9.84 Å². The quantitative estimate of drug-likeness (QED) is 0.543. The van der Waals surface area contributed by atoms with Gasteiger partial charge in [0, 0.05) is 11.3 Å². The van der Waals surface area contributed by atoms with Gasteiger partial charge in [-0.1, -0.05) is 51.7 Å². The van der Waals surface area contributed by atoms with Gasteiger partial charge in [0.2, 0.25) is 0 Å². The molecule has 0 amide bonds. The molecule has 0 spiro atoms. The lowest BCUT2D eigenvalue weighted by molar-refractivity contribution is 0.0126. The van der Waals surface area contributed by atoms with Crippen molar-refractivity contribution in [3.63, 3.8) is 0 Å². The predicted octanol–water partition coefficient (Wildman–Crippen LogP) is 5.48. The summed E-state index contributed by atoms with van der Waals surface area (Å²) in [6.07, 6.45) is 3.73. The van der Waals surface area contributed by atoms with Crippen LogP contribution in [0.5, 0.6) is 5.75 Å². The Morgan fingerprint density at radius 1 is 1.10 bits per heavy atom. The first-order chi connectivity index (χ1) is 14.8. The van der Waals surface area contributed by atoms with Crippen LogP contribution in [0.4, 0.5) is 4.39 Å². The van der Waals surface area contributed by atoms with Crippen molar-refractivity contribution < 1.29 is 22.7 Å². The highest BCUT2D eigenvalue weighted by Gasteiger charge is 2.49. The zero-order valence-corrected chi connectivity index (χ0v) is 19.4. The zero-order chi connectivity index (χ0) is 22.6. The van der Waals surface area contributed by atoms with Crippen LogP contribution in [-0.4, -0.2) is 32.5 Å². The molecule has 1 heterocycles. The molecular weight excluding hydrogens is 415 g/mol. The summed E-state index contributed by atoms with van der Waals surface area (Å²) in [5.74, 6) is -0.682. The smallest absolute Gasteiger partial charge is 0.179 e. The van der Waals surface area contributed by atoms with E-state index >= 15 is 0 Å². The predicted molar refractivity (Wildman–Crippen MR) is 121 cm³/mol. The fraction of sp³-hybridized carbons (Fsp3) is 0.520. The Bertz CT molecular complexity index is 994. The second-order valence-corrected chi connectivity index (χ2v) is 10.7. The second-order valence-electron chi connectivity index (χ2n) is 8.71. The molecule has 1 aliphatic heterocycles. The Kier molecular flexibility index (Phi) is 7.43. The van der Waals surface area contributed by atoms with E-state index in [1.165, 1.54) is 18.2 Å². The molecule has 0 radical (unpaired) electrons. The minimum Gasteiger partial charge on any atom is -0.497 e. The monoisotopic (exact) mass is 448 g/mol. The molecule has 0 aliphatic carbocycles. The van der Waals surface area contributed by atoms with Crippen LogP contribution in [0.1, 0.15) is 69.4 Å². The molecule has 3 rings (SSSR count). The lowest BCUT2D eigenvalue weighted by Gasteiger charge is -2.40. The minimum absolute atomic E-state index is 0.121. The summed E-state index contributed by atoms with van der Waals surface area (Å²) in [7, 11) is -2.15. The van der Waals surface area contributed by atoms with Crippen LogP contribution in [0.25, 0.3) is 0 Å². The van der Waals surface area contributed by atoms with Gasteiger partial charge >= 0.3 is 0 Å². The number of aliphatic hydroxyl groups excluding tert-OH is 1. The molecule has 0 aromatic heterocycles. The van der Waals surface area contributed by atoms with Gasteiger partial charge < -0.3 is 9.84 Å². The highest BCUT2D eigenvalue weighted by molar-refractivity contribution is 7.91. The van der Waals surface area contributed by atoms with Crippen LogP contribution in [0.2, 0.25) is 0 Å². The lowest BCUT2D eigenvalue weighted by Crippen LogP contribution is -2.43. The van der Waals surface area contributed by atoms with Gasteiger partial charge in [0.05, 0.1) is 23.9 Å². The molecule has 0 fully saturated rings. The van der Waals surface area contributed by atoms with Crippen LogP contribution in [0, 0.1) is 11.2 Å². The fourth-order valence-electron chi connectivity index (χ4n) is 4.93. The standard InChI is InChI=1S/C25H33FO4S/c1-4-6-13-25(14-7-5-2)17-31(28,29)22-12-11-19(26)16-21(22)23(24(25)27)18-9-8-10-20(15-18)30-3/h8-12,15-16,23-24,27H,4-7,13-14,17H2,1-3H3/t23-,24-/m1/s1. The highest BCUT2D eigenvalue weighted by Crippen LogP contribution is 2.49. The Balaban J connectivity index is 2.28. The minimum atomic E-state index is -3.71. The molecular formula is C25H33FO4S. The van der Waals surface area contributed by atoms with E-state index in [4.69, 9.17) is 4.74 Å². The highest BCUT2D eigenvalue weighted by atomic mass is 32.2. The summed E-state index contributed by atoms with van der Waals surface area (Å²) < 4.78 is 46.8. The van der Waals surface area contributed by atoms with E-state index in [1.807, 2.05) is 18.2 Å². The van der Waals surface area contributed by atoms with Crippen LogP contribution < -0.4 is 4.74 Å². The van der Waals surface area contributed by atoms with Crippen molar-refractivity contribution in [3.8, 4) is 5.75 Å². The summed E-state index contributed by atoms with van der Waals surface area (Å²) in [6, 6.07) is 11.1. The third-order valence-corrected chi connectivity index (χ3v) is 8.57. The first kappa shape index (κ1) is 23.7. The SMILES string of the molecule is CCCCC1(CCCC)CS(=O)(=O)c2ccc(F)cc2[C@@H](c2cccc(OC)c2)[C@H]1O. The molecule has 1 aliphatic rings. The Morgan fingerprint density at radius 2 is 1.77 bits per heavy atom. The van der Waals surface area contributed by atoms with Crippen LogP contribution in [-0.2, 0) is 9.84 Å². The molecule has 1 N–H and O–H groups in total. The Hall–Kier alpha value is -1.92. The lowest BCUT2D eigenvalue weighted by atomic mass is 9.68. The summed E-state index contributed by atoms with van der Waals surface area (Å²) in [5, 5.41) is 11.9. The topological polar surface area (TPSA) is 63.6 Å². The first-order valence-corrected chi connectivity index (χ1v) is 12.8. The number of benzene rings is 2. The van der Waals surface area contributed by atoms with E-state index in [2.05, 4.69) is 13.8 Å². The van der Waals surface area contributed by atoms with Crippen molar-refractivity contribution >= 4 is 9.84 Å². The van der Waals surface area contributed by atoms with E-state index < -0.39 is 33.1 Å². The van der Waals surface area contributed by atoms with Crippen LogP contribution in [0.3, 0.4) is 0 Å². The largest absolute Gasteiger partial charge is 0.497 e. The molecule has 0 unspecified atom stereocenters. The summed E-state index contributed by atoms with van der Waals surface area (Å²) in [4.78, 5) is 0.121. The van der Waals surface area contributed by atoms with Crippen LogP contribution in [0.15, 0.2) is 47.4 Å². The summed E-state index contributed by atoms with van der Waals surface area (Å²) in [6.45, 7) is 4.13. The van der Waals surface area contributed by atoms with Crippen molar-refractivity contribution in [3.05, 3.63) is 59.4 Å². The maximum absolute atomic E-state index is 14.3. The Labute approximate surface area is 185 Å². The molecule has 2 aromatic carbocycles. The molecule has 4 nitrogen and oxygen atoms in total. The van der Waals surface area contributed by atoms with E-state index in [9.17, 15) is 17.9 Å². The number of ether oxygens (including phenoxy) is 1. The summed E-state index contributed by atoms with van der Waals surface area (Å²) in [5.41, 5.74) is 0.262. The van der Waals surface area contributed by atoms with Crippen molar-refractivity contribution in [1.82, 2.24) is 0 Å². The number of halogens is 1. The first-order valence-electron chi connectivity index (χ1n) is 11.1. The normalized spacial score (nSPS) is 21.8. The number of hydrogen-bond acceptors (Lipinski definition) is 4. The number of unbranched alkanes of at least 4 members (excludes halogenated alkanes) is 2. The van der Waals surface area contributed by atoms with Gasteiger partial charge in [-0.05, 0) is 54.3 Å². The number of rotatable bonds is 8. The Morgan fingerprint density at radius 3 is 2.39 bits per heavy atom. The average molecular weight is 449 g/mol. The maximum Gasteiger partial charge on any atom is 0.179 e. The molecule has 0 saturated carbocycles. The zero-order valence-electron chi connectivity index (χ0n) is 18.6. The van der Waals surface area contributed by atoms with Crippen molar-refractivity contribution in [2.75, 3.05) is 12.9 Å². The van der Waals surface area contributed by atoms with E-state index in [-0.39, 0.29) is 10.6 Å². The van der Waals surface area contributed by atoms with Gasteiger partial charge in [-0.2, -0.15) is 0 Å². The van der Waals surface area contributed by atoms with Crippen molar-refractivity contribution in [1.29, 1.82) is 0 Å². The van der Waals surface area contributed by atoms with Crippen LogP contribution >= 0.6 is 0 Å². The van der Waals surface area contributed by atoms with Gasteiger partial charge in [0.25, 0.3) is 0 Å². The van der Waals surface area contributed by atoms with Gasteiger partial charge in [-0.25, -0.2) is 12.8 Å². The van der Waals surface area contributed by atoms with Gasteiger partial charge in [-0.15, -0.1) is 0 Å². The molecule has 0 saturated heterocycles. The number of aliphatic hydroxyl groups is 1. The maximum atomic E-state index is 14.3. The number of fused-ring (bicyclic) bond motifs is 1. The third kappa shape index (κ3) is 4.80. The molecule has 31 heavy (non-hydrogen) atoms. The number of methoxy groups -OCH3 is 1. The second kappa shape index (κ2) is 9.70. The fourth-order valence-corrected chi connectivity index (χ4v) is 7.12. The summed E-state index contributed by atoms with van der Waals surface area (Å²) >= 11 is 0. The average Bonchev–Trinajstić information content (AvgIpc) is 2.82. The van der Waals surface area contributed by atoms with E-state index in [1.54, 1.807) is 13.2 Å². The van der Waals surface area contributed by atoms with Crippen molar-refractivity contribution in [2.24, 2.45) is 5.41 Å². The van der Waals surface area contributed by atoms with E-state index in [0.29, 0.717) is 24.2 Å². The molecule has 2 atom stereocenters. The molecule has 0 bridgehead atoms. The molecule has 170 valence electrons. The van der Waals surface area contributed by atoms with Crippen molar-refractivity contribution in [2.45, 2.75) is 69.3 Å². The van der Waals surface area contributed by atoms with Gasteiger partial charge in [-0.3, -0.25) is 0 Å². The number of hydrogen-bond donors (Lipinski definition) is 1. The molecule has 6 heteroatoms. The van der Waals surface area contributed by atoms with Gasteiger partial charge in [0.1, 0.15) is 11.6 Å². The molecule has 2 aromatic rings. The van der Waals surface area contributed by atoms with E-state index in [0.717, 1.165) is 31.2 Å². The third-order valence-electron chi connectivity index (χ3n) is 6.57.